The van der Waals surface area contributed by atoms with Crippen molar-refractivity contribution in [3.63, 3.8) is 0 Å². The molecule has 122 valence electrons. The van der Waals surface area contributed by atoms with Crippen molar-refractivity contribution in [2.45, 2.75) is 0 Å². The molecule has 0 spiro atoms. The molecule has 4 rings (SSSR count). The van der Waals surface area contributed by atoms with Crippen LogP contribution in [0, 0.1) is 0 Å². The predicted molar refractivity (Wildman–Crippen MR) is 96.6 cm³/mol. The van der Waals surface area contributed by atoms with Crippen LogP contribution in [0.4, 0.5) is 5.69 Å². The van der Waals surface area contributed by atoms with Gasteiger partial charge in [-0.3, -0.25) is 4.98 Å². The summed E-state index contributed by atoms with van der Waals surface area (Å²) in [6, 6.07) is 14.3. The van der Waals surface area contributed by atoms with Crippen molar-refractivity contribution >= 4 is 16.6 Å². The van der Waals surface area contributed by atoms with Crippen LogP contribution in [0.5, 0.6) is 5.88 Å². The summed E-state index contributed by atoms with van der Waals surface area (Å²) in [5, 5.41) is 4.54. The highest BCUT2D eigenvalue weighted by molar-refractivity contribution is 5.95. The lowest BCUT2D eigenvalue weighted by Gasteiger charge is -2.30. The number of aromatic nitrogens is 2. The van der Waals surface area contributed by atoms with Gasteiger partial charge in [0, 0.05) is 43.4 Å². The monoisotopic (exact) mass is 320 g/mol. The van der Waals surface area contributed by atoms with Crippen LogP contribution in [0.25, 0.3) is 22.2 Å². The number of methoxy groups -OCH3 is 1. The number of piperazine rings is 1. The predicted octanol–water partition coefficient (Wildman–Crippen LogP) is 2.72. The lowest BCUT2D eigenvalue weighted by atomic mass is 10.1. The summed E-state index contributed by atoms with van der Waals surface area (Å²) < 4.78 is 5.52. The minimum atomic E-state index is 0.610. The lowest BCUT2D eigenvalue weighted by molar-refractivity contribution is 0.401. The summed E-state index contributed by atoms with van der Waals surface area (Å²) in [6.45, 7) is 4.02. The Kier molecular flexibility index (Phi) is 4.01. The number of hydrogen-bond donors (Lipinski definition) is 1. The van der Waals surface area contributed by atoms with E-state index in [1.165, 1.54) is 5.69 Å². The van der Waals surface area contributed by atoms with Gasteiger partial charge in [-0.1, -0.05) is 12.1 Å². The highest BCUT2D eigenvalue weighted by Gasteiger charge is 2.17. The van der Waals surface area contributed by atoms with Gasteiger partial charge in [0.1, 0.15) is 0 Å². The quantitative estimate of drug-likeness (QED) is 0.804. The van der Waals surface area contributed by atoms with Crippen molar-refractivity contribution in [2.24, 2.45) is 0 Å². The van der Waals surface area contributed by atoms with Crippen molar-refractivity contribution in [2.75, 3.05) is 38.2 Å². The molecule has 5 nitrogen and oxygen atoms in total. The Morgan fingerprint density at radius 2 is 1.96 bits per heavy atom. The normalized spacial score (nSPS) is 14.8. The highest BCUT2D eigenvalue weighted by Crippen LogP contribution is 2.34. The van der Waals surface area contributed by atoms with Crippen LogP contribution in [0.3, 0.4) is 0 Å². The third kappa shape index (κ3) is 2.67. The van der Waals surface area contributed by atoms with Crippen LogP contribution >= 0.6 is 0 Å². The second-order valence-corrected chi connectivity index (χ2v) is 5.84. The van der Waals surface area contributed by atoms with E-state index in [1.807, 2.05) is 24.3 Å². The molecule has 24 heavy (non-hydrogen) atoms. The van der Waals surface area contributed by atoms with E-state index in [0.717, 1.165) is 48.3 Å². The SMILES string of the molecule is COc1nc2cccc(N3CCNCC3)c2cc1-c1ccccn1. The maximum Gasteiger partial charge on any atom is 0.223 e. The van der Waals surface area contributed by atoms with Crippen LogP contribution < -0.4 is 15.0 Å². The number of fused-ring (bicyclic) bond motifs is 1. The van der Waals surface area contributed by atoms with Gasteiger partial charge in [0.25, 0.3) is 0 Å². The first-order chi connectivity index (χ1) is 11.9. The zero-order valence-corrected chi connectivity index (χ0v) is 13.7. The van der Waals surface area contributed by atoms with Gasteiger partial charge in [-0.2, -0.15) is 0 Å². The number of benzene rings is 1. The first-order valence-corrected chi connectivity index (χ1v) is 8.21. The molecule has 1 saturated heterocycles. The maximum absolute atomic E-state index is 5.52. The van der Waals surface area contributed by atoms with Crippen molar-refractivity contribution in [3.05, 3.63) is 48.7 Å². The molecule has 1 fully saturated rings. The minimum Gasteiger partial charge on any atom is -0.480 e. The van der Waals surface area contributed by atoms with Crippen molar-refractivity contribution in [3.8, 4) is 17.1 Å². The second kappa shape index (κ2) is 6.45. The summed E-state index contributed by atoms with van der Waals surface area (Å²) >= 11 is 0. The molecule has 1 N–H and O–H groups in total. The maximum atomic E-state index is 5.52. The van der Waals surface area contributed by atoms with E-state index < -0.39 is 0 Å². The lowest BCUT2D eigenvalue weighted by Crippen LogP contribution is -2.43. The Hall–Kier alpha value is -2.66. The number of anilines is 1. The number of hydrogen-bond acceptors (Lipinski definition) is 5. The van der Waals surface area contributed by atoms with E-state index in [1.54, 1.807) is 13.3 Å². The number of pyridine rings is 2. The summed E-state index contributed by atoms with van der Waals surface area (Å²) in [7, 11) is 1.65. The molecule has 1 aliphatic heterocycles. The van der Waals surface area contributed by atoms with Gasteiger partial charge in [-0.05, 0) is 30.3 Å². The van der Waals surface area contributed by atoms with Gasteiger partial charge in [0.15, 0.2) is 0 Å². The fraction of sp³-hybridized carbons (Fsp3) is 0.263. The minimum absolute atomic E-state index is 0.610. The Morgan fingerprint density at radius 1 is 1.08 bits per heavy atom. The van der Waals surface area contributed by atoms with E-state index in [-0.39, 0.29) is 0 Å². The fourth-order valence-corrected chi connectivity index (χ4v) is 3.20. The van der Waals surface area contributed by atoms with Gasteiger partial charge in [0.05, 0.1) is 23.9 Å². The van der Waals surface area contributed by atoms with Crippen LogP contribution in [0.1, 0.15) is 0 Å². The molecule has 0 bridgehead atoms. The molecule has 0 saturated carbocycles. The molecule has 0 aliphatic carbocycles. The molecule has 1 aliphatic rings. The van der Waals surface area contributed by atoms with Crippen LogP contribution in [0.2, 0.25) is 0 Å². The van der Waals surface area contributed by atoms with Crippen LogP contribution in [-0.2, 0) is 0 Å². The van der Waals surface area contributed by atoms with E-state index in [0.29, 0.717) is 5.88 Å². The van der Waals surface area contributed by atoms with Gasteiger partial charge in [-0.15, -0.1) is 0 Å². The summed E-state index contributed by atoms with van der Waals surface area (Å²) in [5.41, 5.74) is 3.97. The Labute approximate surface area is 141 Å². The Morgan fingerprint density at radius 3 is 2.71 bits per heavy atom. The van der Waals surface area contributed by atoms with Gasteiger partial charge in [-0.25, -0.2) is 4.98 Å². The zero-order valence-electron chi connectivity index (χ0n) is 13.7. The summed E-state index contributed by atoms with van der Waals surface area (Å²) in [6.07, 6.45) is 1.79. The van der Waals surface area contributed by atoms with E-state index in [2.05, 4.69) is 33.4 Å². The molecular formula is C19H20N4O. The molecular weight excluding hydrogens is 300 g/mol. The molecule has 0 radical (unpaired) electrons. The molecule has 0 atom stereocenters. The molecule has 0 amide bonds. The molecule has 5 heteroatoms. The average Bonchev–Trinajstić information content (AvgIpc) is 2.67. The van der Waals surface area contributed by atoms with E-state index in [4.69, 9.17) is 9.72 Å². The fourth-order valence-electron chi connectivity index (χ4n) is 3.20. The van der Waals surface area contributed by atoms with Crippen molar-refractivity contribution in [1.29, 1.82) is 0 Å². The highest BCUT2D eigenvalue weighted by atomic mass is 16.5. The third-order valence-electron chi connectivity index (χ3n) is 4.39. The van der Waals surface area contributed by atoms with Gasteiger partial charge >= 0.3 is 0 Å². The van der Waals surface area contributed by atoms with E-state index in [9.17, 15) is 0 Å². The molecule has 2 aromatic heterocycles. The van der Waals surface area contributed by atoms with Crippen LogP contribution in [-0.4, -0.2) is 43.3 Å². The first kappa shape index (κ1) is 14.9. The number of ether oxygens (including phenoxy) is 1. The second-order valence-electron chi connectivity index (χ2n) is 5.84. The van der Waals surface area contributed by atoms with Gasteiger partial charge < -0.3 is 15.0 Å². The molecule has 0 unspecified atom stereocenters. The van der Waals surface area contributed by atoms with Crippen molar-refractivity contribution < 1.29 is 4.74 Å². The van der Waals surface area contributed by atoms with Gasteiger partial charge in [0.2, 0.25) is 5.88 Å². The molecule has 1 aromatic carbocycles. The number of nitrogens with zero attached hydrogens (tertiary/aromatic N) is 3. The zero-order chi connectivity index (χ0) is 16.4. The number of nitrogens with one attached hydrogen (secondary N) is 1. The van der Waals surface area contributed by atoms with E-state index >= 15 is 0 Å². The Balaban J connectivity index is 1.90. The average molecular weight is 320 g/mol. The largest absolute Gasteiger partial charge is 0.480 e. The smallest absolute Gasteiger partial charge is 0.223 e. The topological polar surface area (TPSA) is 50.3 Å². The summed E-state index contributed by atoms with van der Waals surface area (Å²) in [5.74, 6) is 0.610. The standard InChI is InChI=1S/C19H20N4O/c1-24-19-15(16-5-2-3-8-21-16)13-14-17(22-19)6-4-7-18(14)23-11-9-20-10-12-23/h2-8,13,20H,9-12H2,1H3. The summed E-state index contributed by atoms with van der Waals surface area (Å²) in [4.78, 5) is 11.6. The first-order valence-electron chi connectivity index (χ1n) is 8.21. The molecule has 3 aromatic rings. The third-order valence-corrected chi connectivity index (χ3v) is 4.39. The Bertz CT molecular complexity index is 845. The molecule has 3 heterocycles. The number of rotatable bonds is 3. The van der Waals surface area contributed by atoms with Crippen molar-refractivity contribution in [1.82, 2.24) is 15.3 Å². The van der Waals surface area contributed by atoms with Crippen LogP contribution in [0.15, 0.2) is 48.7 Å².